The predicted octanol–water partition coefficient (Wildman–Crippen LogP) is 2.07. The van der Waals surface area contributed by atoms with Crippen LogP contribution in [0.5, 0.6) is 0 Å². The summed E-state index contributed by atoms with van der Waals surface area (Å²) in [4.78, 5) is 4.11. The zero-order valence-corrected chi connectivity index (χ0v) is 10.7. The summed E-state index contributed by atoms with van der Waals surface area (Å²) in [7, 11) is 1.66. The van der Waals surface area contributed by atoms with Gasteiger partial charge in [0.05, 0.1) is 11.4 Å². The summed E-state index contributed by atoms with van der Waals surface area (Å²) in [6.07, 6.45) is 0. The molecule has 0 saturated carbocycles. The Hall–Kier alpha value is -2.51. The maximum Gasteiger partial charge on any atom is 0.207 e. The maximum absolute atomic E-state index is 13.4. The molecule has 104 valence electrons. The van der Waals surface area contributed by atoms with E-state index in [1.807, 2.05) is 0 Å². The standard InChI is InChI=1S/C12H10F3N5/c1-5-10-11(19(2)18-5)20(12(16)17-10)6-3-7(13)9(15)8(14)4-6/h3-4H,1-2H3,(H2,16,17). The van der Waals surface area contributed by atoms with Crippen molar-refractivity contribution in [2.75, 3.05) is 5.73 Å². The van der Waals surface area contributed by atoms with Crippen LogP contribution in [0.2, 0.25) is 0 Å². The molecule has 0 fully saturated rings. The second-order valence-electron chi connectivity index (χ2n) is 4.41. The highest BCUT2D eigenvalue weighted by molar-refractivity contribution is 5.79. The van der Waals surface area contributed by atoms with Gasteiger partial charge in [-0.3, -0.25) is 4.57 Å². The first-order valence-corrected chi connectivity index (χ1v) is 5.72. The average molecular weight is 281 g/mol. The van der Waals surface area contributed by atoms with Gasteiger partial charge in [0.25, 0.3) is 0 Å². The van der Waals surface area contributed by atoms with E-state index in [9.17, 15) is 13.2 Å². The molecule has 0 bridgehead atoms. The molecule has 0 amide bonds. The lowest BCUT2D eigenvalue weighted by Gasteiger charge is -2.08. The van der Waals surface area contributed by atoms with Crippen LogP contribution in [0, 0.1) is 24.4 Å². The molecule has 0 radical (unpaired) electrons. The topological polar surface area (TPSA) is 61.7 Å². The van der Waals surface area contributed by atoms with Crippen LogP contribution in [0.25, 0.3) is 16.9 Å². The number of fused-ring (bicyclic) bond motifs is 1. The van der Waals surface area contributed by atoms with Crippen molar-refractivity contribution in [1.29, 1.82) is 0 Å². The third-order valence-corrected chi connectivity index (χ3v) is 3.06. The van der Waals surface area contributed by atoms with Gasteiger partial charge in [0, 0.05) is 19.2 Å². The smallest absolute Gasteiger partial charge is 0.207 e. The molecule has 8 heteroatoms. The first-order valence-electron chi connectivity index (χ1n) is 5.72. The molecule has 2 N–H and O–H groups in total. The van der Waals surface area contributed by atoms with Crippen molar-refractivity contribution in [3.8, 4) is 5.69 Å². The molecule has 1 aromatic carbocycles. The lowest BCUT2D eigenvalue weighted by Crippen LogP contribution is -2.06. The maximum atomic E-state index is 13.4. The van der Waals surface area contributed by atoms with Crippen molar-refractivity contribution >= 4 is 17.1 Å². The fourth-order valence-electron chi connectivity index (χ4n) is 2.22. The third kappa shape index (κ3) is 1.57. The van der Waals surface area contributed by atoms with Gasteiger partial charge in [0.2, 0.25) is 5.95 Å². The Balaban J connectivity index is 2.37. The van der Waals surface area contributed by atoms with Crippen LogP contribution in [-0.2, 0) is 7.05 Å². The van der Waals surface area contributed by atoms with Crippen molar-refractivity contribution in [3.63, 3.8) is 0 Å². The van der Waals surface area contributed by atoms with Crippen molar-refractivity contribution in [2.45, 2.75) is 6.92 Å². The molecule has 0 aliphatic rings. The first-order chi connectivity index (χ1) is 9.40. The predicted molar refractivity (Wildman–Crippen MR) is 66.9 cm³/mol. The molecule has 2 heterocycles. The Kier molecular flexibility index (Phi) is 2.50. The Morgan fingerprint density at radius 2 is 1.75 bits per heavy atom. The molecular weight excluding hydrogens is 271 g/mol. The molecule has 2 aromatic heterocycles. The van der Waals surface area contributed by atoms with Gasteiger partial charge in [-0.15, -0.1) is 0 Å². The van der Waals surface area contributed by atoms with E-state index >= 15 is 0 Å². The first kappa shape index (κ1) is 12.5. The lowest BCUT2D eigenvalue weighted by molar-refractivity contribution is 0.446. The highest BCUT2D eigenvalue weighted by atomic mass is 19.2. The van der Waals surface area contributed by atoms with Gasteiger partial charge in [-0.2, -0.15) is 5.10 Å². The summed E-state index contributed by atoms with van der Waals surface area (Å²) in [5.41, 5.74) is 7.46. The second kappa shape index (κ2) is 3.99. The average Bonchev–Trinajstić information content (AvgIpc) is 2.84. The van der Waals surface area contributed by atoms with E-state index in [2.05, 4.69) is 10.1 Å². The Morgan fingerprint density at radius 3 is 2.35 bits per heavy atom. The molecule has 0 spiro atoms. The number of hydrogen-bond donors (Lipinski definition) is 1. The molecule has 20 heavy (non-hydrogen) atoms. The van der Waals surface area contributed by atoms with Crippen LogP contribution in [0.15, 0.2) is 12.1 Å². The van der Waals surface area contributed by atoms with Crippen LogP contribution >= 0.6 is 0 Å². The van der Waals surface area contributed by atoms with E-state index in [1.165, 1.54) is 9.25 Å². The summed E-state index contributed by atoms with van der Waals surface area (Å²) in [5, 5.41) is 4.16. The number of benzene rings is 1. The van der Waals surface area contributed by atoms with Gasteiger partial charge < -0.3 is 5.73 Å². The van der Waals surface area contributed by atoms with Crippen molar-refractivity contribution in [1.82, 2.24) is 19.3 Å². The third-order valence-electron chi connectivity index (χ3n) is 3.06. The number of aromatic nitrogens is 4. The number of nitrogens with two attached hydrogens (primary N) is 1. The van der Waals surface area contributed by atoms with Crippen LogP contribution < -0.4 is 5.73 Å². The number of hydrogen-bond acceptors (Lipinski definition) is 3. The van der Waals surface area contributed by atoms with Gasteiger partial charge >= 0.3 is 0 Å². The number of rotatable bonds is 1. The van der Waals surface area contributed by atoms with Crippen LogP contribution in [0.1, 0.15) is 5.69 Å². The quantitative estimate of drug-likeness (QED) is 0.694. The number of imidazole rings is 1. The molecule has 0 aliphatic heterocycles. The highest BCUT2D eigenvalue weighted by Crippen LogP contribution is 2.26. The largest absolute Gasteiger partial charge is 0.369 e. The molecule has 0 saturated heterocycles. The van der Waals surface area contributed by atoms with Gasteiger partial charge in [-0.1, -0.05) is 0 Å². The Morgan fingerprint density at radius 1 is 1.15 bits per heavy atom. The molecule has 0 unspecified atom stereocenters. The molecule has 0 aliphatic carbocycles. The van der Waals surface area contributed by atoms with E-state index < -0.39 is 17.5 Å². The fourth-order valence-corrected chi connectivity index (χ4v) is 2.22. The minimum absolute atomic E-state index is 0.0431. The molecule has 5 nitrogen and oxygen atoms in total. The van der Waals surface area contributed by atoms with Crippen LogP contribution in [-0.4, -0.2) is 19.3 Å². The Labute approximate surface area is 111 Å². The second-order valence-corrected chi connectivity index (χ2v) is 4.41. The van der Waals surface area contributed by atoms with Gasteiger partial charge in [0.1, 0.15) is 5.52 Å². The summed E-state index contributed by atoms with van der Waals surface area (Å²) in [5.74, 6) is -4.06. The highest BCUT2D eigenvalue weighted by Gasteiger charge is 2.19. The summed E-state index contributed by atoms with van der Waals surface area (Å²) < 4.78 is 42.6. The van der Waals surface area contributed by atoms with Crippen molar-refractivity contribution in [2.24, 2.45) is 7.05 Å². The number of anilines is 1. The van der Waals surface area contributed by atoms with E-state index in [-0.39, 0.29) is 11.6 Å². The van der Waals surface area contributed by atoms with E-state index in [4.69, 9.17) is 5.73 Å². The molecule has 0 atom stereocenters. The van der Waals surface area contributed by atoms with Crippen molar-refractivity contribution in [3.05, 3.63) is 35.3 Å². The fraction of sp³-hybridized carbons (Fsp3) is 0.167. The van der Waals surface area contributed by atoms with E-state index in [0.29, 0.717) is 16.9 Å². The van der Waals surface area contributed by atoms with Crippen LogP contribution in [0.4, 0.5) is 19.1 Å². The van der Waals surface area contributed by atoms with Gasteiger partial charge in [-0.05, 0) is 6.92 Å². The molecular formula is C12H10F3N5. The monoisotopic (exact) mass is 281 g/mol. The SMILES string of the molecule is Cc1nn(C)c2c1nc(N)n2-c1cc(F)c(F)c(F)c1. The van der Waals surface area contributed by atoms with Crippen LogP contribution in [0.3, 0.4) is 0 Å². The molecule has 3 aromatic rings. The van der Waals surface area contributed by atoms with Gasteiger partial charge in [0.15, 0.2) is 23.1 Å². The van der Waals surface area contributed by atoms with E-state index in [1.54, 1.807) is 14.0 Å². The number of nitrogens with zero attached hydrogens (tertiary/aromatic N) is 4. The number of aryl methyl sites for hydroxylation is 2. The summed E-state index contributed by atoms with van der Waals surface area (Å²) in [6.45, 7) is 1.74. The Bertz CT molecular complexity index is 810. The number of nitrogen functional groups attached to an aromatic ring is 1. The van der Waals surface area contributed by atoms with E-state index in [0.717, 1.165) is 12.1 Å². The minimum atomic E-state index is -1.52. The van der Waals surface area contributed by atoms with Gasteiger partial charge in [-0.25, -0.2) is 22.8 Å². The zero-order chi connectivity index (χ0) is 14.6. The van der Waals surface area contributed by atoms with Crippen molar-refractivity contribution < 1.29 is 13.2 Å². The zero-order valence-electron chi connectivity index (χ0n) is 10.7. The summed E-state index contributed by atoms with van der Waals surface area (Å²) >= 11 is 0. The molecule has 3 rings (SSSR count). The minimum Gasteiger partial charge on any atom is -0.369 e. The normalized spacial score (nSPS) is 11.4. The number of halogens is 3. The lowest BCUT2D eigenvalue weighted by atomic mass is 10.3. The summed E-state index contributed by atoms with van der Waals surface area (Å²) in [6, 6.07) is 1.72.